The Bertz CT molecular complexity index is 461. The molecule has 0 amide bonds. The van der Waals surface area contributed by atoms with E-state index in [1.54, 1.807) is 6.92 Å². The lowest BCUT2D eigenvalue weighted by molar-refractivity contribution is 0.464. The Hall–Kier alpha value is -1.03. The molecule has 1 N–H and O–H groups in total. The van der Waals surface area contributed by atoms with Crippen LogP contribution >= 0.6 is 11.6 Å². The van der Waals surface area contributed by atoms with Crippen LogP contribution in [0, 0.1) is 6.92 Å². The van der Waals surface area contributed by atoms with Crippen molar-refractivity contribution in [2.45, 2.75) is 39.7 Å². The molecule has 0 saturated heterocycles. The van der Waals surface area contributed by atoms with E-state index in [4.69, 9.17) is 11.6 Å². The molecule has 0 aliphatic rings. The molecule has 0 aliphatic heterocycles. The van der Waals surface area contributed by atoms with Gasteiger partial charge in [-0.25, -0.2) is 4.79 Å². The van der Waals surface area contributed by atoms with Crippen molar-refractivity contribution in [3.63, 3.8) is 0 Å². The number of aromatic amines is 1. The SMILES string of the molecule is CCCC(C)n1c(=O)[nH]c(Cl)c(C)c1=O. The monoisotopic (exact) mass is 230 g/mol. The van der Waals surface area contributed by atoms with E-state index in [9.17, 15) is 9.59 Å². The molecule has 0 aromatic carbocycles. The zero-order chi connectivity index (χ0) is 11.6. The van der Waals surface area contributed by atoms with Gasteiger partial charge in [0.2, 0.25) is 0 Å². The number of halogens is 1. The predicted molar refractivity (Wildman–Crippen MR) is 60.7 cm³/mol. The number of hydrogen-bond acceptors (Lipinski definition) is 2. The molecule has 1 rings (SSSR count). The topological polar surface area (TPSA) is 54.9 Å². The standard InChI is InChI=1S/C10H15ClN2O2/c1-4-5-6(2)13-9(14)7(3)8(11)12-10(13)15/h6H,4-5H2,1-3H3,(H,12,15). The van der Waals surface area contributed by atoms with Gasteiger partial charge in [-0.1, -0.05) is 24.9 Å². The average molecular weight is 231 g/mol. The van der Waals surface area contributed by atoms with Gasteiger partial charge in [0.15, 0.2) is 0 Å². The third-order valence-electron chi connectivity index (χ3n) is 2.45. The van der Waals surface area contributed by atoms with Crippen LogP contribution in [0.5, 0.6) is 0 Å². The predicted octanol–water partition coefficient (Wildman–Crippen LogP) is 1.86. The highest BCUT2D eigenvalue weighted by molar-refractivity contribution is 6.30. The van der Waals surface area contributed by atoms with Crippen LogP contribution in [0.2, 0.25) is 5.15 Å². The van der Waals surface area contributed by atoms with Crippen molar-refractivity contribution >= 4 is 11.6 Å². The largest absolute Gasteiger partial charge is 0.329 e. The van der Waals surface area contributed by atoms with Gasteiger partial charge in [0.25, 0.3) is 5.56 Å². The summed E-state index contributed by atoms with van der Waals surface area (Å²) in [7, 11) is 0. The van der Waals surface area contributed by atoms with Crippen molar-refractivity contribution in [3.05, 3.63) is 31.6 Å². The summed E-state index contributed by atoms with van der Waals surface area (Å²) >= 11 is 5.70. The van der Waals surface area contributed by atoms with E-state index in [1.807, 2.05) is 13.8 Å². The minimum absolute atomic E-state index is 0.0952. The van der Waals surface area contributed by atoms with Crippen LogP contribution < -0.4 is 11.2 Å². The third-order valence-corrected chi connectivity index (χ3v) is 2.83. The Morgan fingerprint density at radius 1 is 1.47 bits per heavy atom. The fourth-order valence-corrected chi connectivity index (χ4v) is 1.72. The zero-order valence-corrected chi connectivity index (χ0v) is 9.89. The lowest BCUT2D eigenvalue weighted by Crippen LogP contribution is -2.38. The van der Waals surface area contributed by atoms with Gasteiger partial charge >= 0.3 is 5.69 Å². The van der Waals surface area contributed by atoms with E-state index in [1.165, 1.54) is 4.57 Å². The molecule has 15 heavy (non-hydrogen) atoms. The molecule has 0 bridgehead atoms. The molecule has 1 aromatic heterocycles. The van der Waals surface area contributed by atoms with Gasteiger partial charge in [0, 0.05) is 11.6 Å². The fourth-order valence-electron chi connectivity index (χ4n) is 1.56. The van der Waals surface area contributed by atoms with Gasteiger partial charge in [-0.05, 0) is 20.3 Å². The summed E-state index contributed by atoms with van der Waals surface area (Å²) < 4.78 is 1.23. The summed E-state index contributed by atoms with van der Waals surface area (Å²) in [6.07, 6.45) is 1.72. The van der Waals surface area contributed by atoms with Crippen LogP contribution in [0.4, 0.5) is 0 Å². The first-order valence-corrected chi connectivity index (χ1v) is 5.37. The molecule has 4 nitrogen and oxygen atoms in total. The first-order chi connectivity index (χ1) is 6.99. The van der Waals surface area contributed by atoms with Gasteiger partial charge in [-0.2, -0.15) is 0 Å². The Morgan fingerprint density at radius 3 is 2.60 bits per heavy atom. The van der Waals surface area contributed by atoms with Gasteiger partial charge in [0.05, 0.1) is 0 Å². The molecular weight excluding hydrogens is 216 g/mol. The van der Waals surface area contributed by atoms with Crippen LogP contribution in [0.3, 0.4) is 0 Å². The third kappa shape index (κ3) is 2.31. The van der Waals surface area contributed by atoms with Crippen LogP contribution in [-0.2, 0) is 0 Å². The molecule has 0 spiro atoms. The van der Waals surface area contributed by atoms with Crippen molar-refractivity contribution in [2.75, 3.05) is 0 Å². The Balaban J connectivity index is 3.37. The van der Waals surface area contributed by atoms with Crippen LogP contribution in [0.1, 0.15) is 38.3 Å². The van der Waals surface area contributed by atoms with Gasteiger partial charge in [-0.15, -0.1) is 0 Å². The van der Waals surface area contributed by atoms with Crippen molar-refractivity contribution in [3.8, 4) is 0 Å². The second-order valence-electron chi connectivity index (χ2n) is 3.68. The Morgan fingerprint density at radius 2 is 2.07 bits per heavy atom. The number of nitrogens with zero attached hydrogens (tertiary/aromatic N) is 1. The van der Waals surface area contributed by atoms with Crippen LogP contribution in [0.25, 0.3) is 0 Å². The molecule has 84 valence electrons. The van der Waals surface area contributed by atoms with E-state index in [-0.39, 0.29) is 16.8 Å². The highest BCUT2D eigenvalue weighted by Crippen LogP contribution is 2.09. The van der Waals surface area contributed by atoms with Crippen molar-refractivity contribution in [1.29, 1.82) is 0 Å². The molecule has 5 heteroatoms. The maximum atomic E-state index is 11.8. The van der Waals surface area contributed by atoms with Crippen molar-refractivity contribution < 1.29 is 0 Å². The lowest BCUT2D eigenvalue weighted by Gasteiger charge is -2.13. The number of nitrogens with one attached hydrogen (secondary N) is 1. The summed E-state index contributed by atoms with van der Waals surface area (Å²) in [5, 5.41) is 0.130. The minimum Gasteiger partial charge on any atom is -0.297 e. The first kappa shape index (κ1) is 12.0. The lowest BCUT2D eigenvalue weighted by atomic mass is 10.2. The van der Waals surface area contributed by atoms with Gasteiger partial charge in [-0.3, -0.25) is 14.3 Å². The highest BCUT2D eigenvalue weighted by atomic mass is 35.5. The number of aromatic nitrogens is 2. The summed E-state index contributed by atoms with van der Waals surface area (Å²) in [6, 6.07) is -0.0952. The number of hydrogen-bond donors (Lipinski definition) is 1. The zero-order valence-electron chi connectivity index (χ0n) is 9.13. The first-order valence-electron chi connectivity index (χ1n) is 5.00. The molecule has 0 saturated carbocycles. The maximum Gasteiger partial charge on any atom is 0.329 e. The second-order valence-corrected chi connectivity index (χ2v) is 4.06. The van der Waals surface area contributed by atoms with Crippen LogP contribution in [0.15, 0.2) is 9.59 Å². The molecule has 1 aromatic rings. The maximum absolute atomic E-state index is 11.8. The average Bonchev–Trinajstić information content (AvgIpc) is 2.15. The normalized spacial score (nSPS) is 12.8. The van der Waals surface area contributed by atoms with Gasteiger partial charge in [0.1, 0.15) is 5.15 Å². The van der Waals surface area contributed by atoms with E-state index in [2.05, 4.69) is 4.98 Å². The summed E-state index contributed by atoms with van der Waals surface area (Å²) in [6.45, 7) is 5.47. The van der Waals surface area contributed by atoms with Crippen molar-refractivity contribution in [1.82, 2.24) is 9.55 Å². The summed E-state index contributed by atoms with van der Waals surface area (Å²) in [4.78, 5) is 25.8. The smallest absolute Gasteiger partial charge is 0.297 e. The number of H-pyrrole nitrogens is 1. The Kier molecular flexibility index (Phi) is 3.74. The number of rotatable bonds is 3. The van der Waals surface area contributed by atoms with E-state index in [0.29, 0.717) is 5.56 Å². The highest BCUT2D eigenvalue weighted by Gasteiger charge is 2.13. The van der Waals surface area contributed by atoms with Crippen molar-refractivity contribution in [2.24, 2.45) is 0 Å². The quantitative estimate of drug-likeness (QED) is 0.806. The molecule has 0 radical (unpaired) electrons. The molecular formula is C10H15ClN2O2. The second kappa shape index (κ2) is 4.66. The minimum atomic E-state index is -0.434. The van der Waals surface area contributed by atoms with E-state index < -0.39 is 5.69 Å². The van der Waals surface area contributed by atoms with E-state index >= 15 is 0 Å². The molecule has 1 unspecified atom stereocenters. The van der Waals surface area contributed by atoms with E-state index in [0.717, 1.165) is 12.8 Å². The molecule has 0 aliphatic carbocycles. The van der Waals surface area contributed by atoms with Gasteiger partial charge < -0.3 is 0 Å². The van der Waals surface area contributed by atoms with Crippen LogP contribution in [-0.4, -0.2) is 9.55 Å². The molecule has 1 heterocycles. The molecule has 0 fully saturated rings. The summed E-state index contributed by atoms with van der Waals surface area (Å²) in [5.74, 6) is 0. The Labute approximate surface area is 92.9 Å². The molecule has 1 atom stereocenters. The summed E-state index contributed by atoms with van der Waals surface area (Å²) in [5.41, 5.74) is -0.347. The fraction of sp³-hybridized carbons (Fsp3) is 0.600.